The number of carbonyl (C=O) groups excluding carboxylic acids is 2. The first-order valence-electron chi connectivity index (χ1n) is 8.86. The highest BCUT2D eigenvalue weighted by Crippen LogP contribution is 2.61. The Morgan fingerprint density at radius 1 is 0.958 bits per heavy atom. The molecule has 4 saturated carbocycles. The van der Waals surface area contributed by atoms with Gasteiger partial charge in [-0.3, -0.25) is 20.4 Å². The van der Waals surface area contributed by atoms with E-state index in [1.54, 1.807) is 24.3 Å². The van der Waals surface area contributed by atoms with Gasteiger partial charge in [-0.2, -0.15) is 0 Å². The number of hydrazine groups is 1. The first kappa shape index (κ1) is 15.9. The van der Waals surface area contributed by atoms with Crippen LogP contribution in [0.5, 0.6) is 0 Å². The van der Waals surface area contributed by atoms with Crippen LogP contribution in [0.3, 0.4) is 0 Å². The number of nitrogens with one attached hydrogen (secondary N) is 2. The molecule has 0 atom stereocenters. The van der Waals surface area contributed by atoms with E-state index < -0.39 is 0 Å². The van der Waals surface area contributed by atoms with Crippen molar-refractivity contribution in [3.8, 4) is 0 Å². The summed E-state index contributed by atoms with van der Waals surface area (Å²) in [5, 5.41) is 0.581. The molecule has 4 aliphatic carbocycles. The zero-order valence-corrected chi connectivity index (χ0v) is 14.4. The van der Waals surface area contributed by atoms with Crippen molar-refractivity contribution >= 4 is 23.4 Å². The molecular formula is C19H23ClN2O2. The third-order valence-corrected chi connectivity index (χ3v) is 6.37. The fraction of sp³-hybridized carbons (Fsp3) is 0.579. The molecule has 0 spiro atoms. The molecule has 0 heterocycles. The van der Waals surface area contributed by atoms with Crippen LogP contribution < -0.4 is 10.9 Å². The zero-order valence-electron chi connectivity index (χ0n) is 13.7. The third kappa shape index (κ3) is 3.16. The van der Waals surface area contributed by atoms with Gasteiger partial charge >= 0.3 is 0 Å². The molecule has 0 unspecified atom stereocenters. The fourth-order valence-electron chi connectivity index (χ4n) is 5.69. The number of hydrogen-bond acceptors (Lipinski definition) is 2. The van der Waals surface area contributed by atoms with E-state index in [0.717, 1.165) is 17.8 Å². The van der Waals surface area contributed by atoms with Crippen molar-refractivity contribution in [1.29, 1.82) is 0 Å². The highest BCUT2D eigenvalue weighted by atomic mass is 35.5. The number of carbonyl (C=O) groups is 2. The SMILES string of the molecule is O=C(CC12CC3CC(CC(C3)C1)C2)NNC(=O)c1ccc(Cl)cc1. The van der Waals surface area contributed by atoms with Crippen molar-refractivity contribution in [3.05, 3.63) is 34.9 Å². The Labute approximate surface area is 147 Å². The van der Waals surface area contributed by atoms with Gasteiger partial charge in [0.25, 0.3) is 5.91 Å². The number of rotatable bonds is 3. The molecule has 1 aromatic rings. The Hall–Kier alpha value is -1.55. The summed E-state index contributed by atoms with van der Waals surface area (Å²) >= 11 is 5.81. The summed E-state index contributed by atoms with van der Waals surface area (Å²) < 4.78 is 0. The summed E-state index contributed by atoms with van der Waals surface area (Å²) in [4.78, 5) is 24.4. The van der Waals surface area contributed by atoms with E-state index in [2.05, 4.69) is 10.9 Å². The minimum Gasteiger partial charge on any atom is -0.273 e. The van der Waals surface area contributed by atoms with Gasteiger partial charge in [-0.1, -0.05) is 11.6 Å². The summed E-state index contributed by atoms with van der Waals surface area (Å²) in [7, 11) is 0. The normalized spacial score (nSPS) is 33.3. The average Bonchev–Trinajstić information content (AvgIpc) is 2.51. The lowest BCUT2D eigenvalue weighted by Crippen LogP contribution is -2.50. The maximum Gasteiger partial charge on any atom is 0.269 e. The van der Waals surface area contributed by atoms with Gasteiger partial charge in [0.15, 0.2) is 0 Å². The predicted octanol–water partition coefficient (Wildman–Crippen LogP) is 3.71. The molecular weight excluding hydrogens is 324 g/mol. The second kappa shape index (κ2) is 6.07. The van der Waals surface area contributed by atoms with Gasteiger partial charge in [0.05, 0.1) is 0 Å². The van der Waals surface area contributed by atoms with Crippen molar-refractivity contribution in [2.75, 3.05) is 0 Å². The van der Waals surface area contributed by atoms with Gasteiger partial charge in [-0.05, 0) is 86.0 Å². The van der Waals surface area contributed by atoms with Crippen molar-refractivity contribution in [1.82, 2.24) is 10.9 Å². The monoisotopic (exact) mass is 346 g/mol. The van der Waals surface area contributed by atoms with Crippen LogP contribution in [0.25, 0.3) is 0 Å². The van der Waals surface area contributed by atoms with Crippen LogP contribution in [0, 0.1) is 23.2 Å². The molecule has 128 valence electrons. The predicted molar refractivity (Wildman–Crippen MR) is 92.3 cm³/mol. The van der Waals surface area contributed by atoms with E-state index in [-0.39, 0.29) is 17.2 Å². The molecule has 4 fully saturated rings. The first-order valence-corrected chi connectivity index (χ1v) is 9.24. The number of benzene rings is 1. The van der Waals surface area contributed by atoms with E-state index in [9.17, 15) is 9.59 Å². The molecule has 2 N–H and O–H groups in total. The average molecular weight is 347 g/mol. The molecule has 24 heavy (non-hydrogen) atoms. The third-order valence-electron chi connectivity index (χ3n) is 6.12. The second-order valence-electron chi connectivity index (χ2n) is 8.10. The lowest BCUT2D eigenvalue weighted by Gasteiger charge is -2.56. The number of hydrogen-bond donors (Lipinski definition) is 2. The minimum absolute atomic E-state index is 0.0701. The topological polar surface area (TPSA) is 58.2 Å². The maximum atomic E-state index is 12.4. The van der Waals surface area contributed by atoms with Gasteiger partial charge in [0.1, 0.15) is 0 Å². The Kier molecular flexibility index (Phi) is 4.03. The molecule has 5 heteroatoms. The van der Waals surface area contributed by atoms with Crippen LogP contribution >= 0.6 is 11.6 Å². The van der Waals surface area contributed by atoms with Crippen LogP contribution in [0.1, 0.15) is 55.3 Å². The molecule has 2 amide bonds. The standard InChI is InChI=1S/C19H23ClN2O2/c20-16-3-1-15(2-4-16)18(24)22-21-17(23)11-19-8-12-5-13(9-19)7-14(6-12)10-19/h1-4,12-14H,5-11H2,(H,21,23)(H,22,24). The smallest absolute Gasteiger partial charge is 0.269 e. The van der Waals surface area contributed by atoms with Crippen LogP contribution in [0.15, 0.2) is 24.3 Å². The Bertz CT molecular complexity index is 621. The maximum absolute atomic E-state index is 12.4. The van der Waals surface area contributed by atoms with Crippen molar-refractivity contribution in [2.45, 2.75) is 44.9 Å². The van der Waals surface area contributed by atoms with Crippen LogP contribution in [0.4, 0.5) is 0 Å². The summed E-state index contributed by atoms with van der Waals surface area (Å²) in [5.74, 6) is 2.10. The van der Waals surface area contributed by atoms with E-state index >= 15 is 0 Å². The molecule has 4 bridgehead atoms. The molecule has 0 aromatic heterocycles. The van der Waals surface area contributed by atoms with Crippen LogP contribution in [-0.4, -0.2) is 11.8 Å². The van der Waals surface area contributed by atoms with Gasteiger partial charge < -0.3 is 0 Å². The van der Waals surface area contributed by atoms with Crippen molar-refractivity contribution in [2.24, 2.45) is 23.2 Å². The molecule has 5 rings (SSSR count). The highest BCUT2D eigenvalue weighted by Gasteiger charge is 2.51. The summed E-state index contributed by atoms with van der Waals surface area (Å²) in [6, 6.07) is 6.60. The van der Waals surface area contributed by atoms with Gasteiger partial charge in [0, 0.05) is 17.0 Å². The number of halogens is 1. The summed E-state index contributed by atoms with van der Waals surface area (Å²) in [6.07, 6.45) is 8.22. The molecule has 0 saturated heterocycles. The summed E-state index contributed by atoms with van der Waals surface area (Å²) in [5.41, 5.74) is 5.78. The molecule has 4 aliphatic rings. The molecule has 0 radical (unpaired) electrons. The van der Waals surface area contributed by atoms with E-state index in [1.165, 1.54) is 38.5 Å². The Morgan fingerprint density at radius 3 is 2.04 bits per heavy atom. The van der Waals surface area contributed by atoms with E-state index in [1.807, 2.05) is 0 Å². The van der Waals surface area contributed by atoms with Gasteiger partial charge in [0.2, 0.25) is 5.91 Å². The van der Waals surface area contributed by atoms with Crippen LogP contribution in [-0.2, 0) is 4.79 Å². The second-order valence-corrected chi connectivity index (χ2v) is 8.54. The summed E-state index contributed by atoms with van der Waals surface area (Å²) in [6.45, 7) is 0. The van der Waals surface area contributed by atoms with Gasteiger partial charge in [-0.15, -0.1) is 0 Å². The Balaban J connectivity index is 1.32. The van der Waals surface area contributed by atoms with Crippen molar-refractivity contribution < 1.29 is 9.59 Å². The largest absolute Gasteiger partial charge is 0.273 e. The first-order chi connectivity index (χ1) is 11.5. The van der Waals surface area contributed by atoms with Crippen molar-refractivity contribution in [3.63, 3.8) is 0 Å². The minimum atomic E-state index is -0.314. The van der Waals surface area contributed by atoms with Crippen LogP contribution in [0.2, 0.25) is 5.02 Å². The Morgan fingerprint density at radius 2 is 1.50 bits per heavy atom. The highest BCUT2D eigenvalue weighted by molar-refractivity contribution is 6.30. The fourth-order valence-corrected chi connectivity index (χ4v) is 5.82. The van der Waals surface area contributed by atoms with E-state index in [0.29, 0.717) is 17.0 Å². The zero-order chi connectivity index (χ0) is 16.7. The molecule has 0 aliphatic heterocycles. The van der Waals surface area contributed by atoms with Gasteiger partial charge in [-0.25, -0.2) is 0 Å². The quantitative estimate of drug-likeness (QED) is 0.820. The lowest BCUT2D eigenvalue weighted by atomic mass is 9.49. The molecule has 1 aromatic carbocycles. The molecule has 4 nitrogen and oxygen atoms in total. The number of amides is 2. The lowest BCUT2D eigenvalue weighted by molar-refractivity contribution is -0.130. The van der Waals surface area contributed by atoms with E-state index in [4.69, 9.17) is 11.6 Å².